The summed E-state index contributed by atoms with van der Waals surface area (Å²) >= 11 is 0. The van der Waals surface area contributed by atoms with E-state index in [1.165, 1.54) is 12.1 Å². The molecule has 0 radical (unpaired) electrons. The van der Waals surface area contributed by atoms with Crippen molar-refractivity contribution in [3.8, 4) is 0 Å². The van der Waals surface area contributed by atoms with Gasteiger partial charge in [0.2, 0.25) is 0 Å². The van der Waals surface area contributed by atoms with Gasteiger partial charge in [-0.3, -0.25) is 10.1 Å². The molecule has 1 aliphatic rings. The quantitative estimate of drug-likeness (QED) is 0.401. The highest BCUT2D eigenvalue weighted by Crippen LogP contribution is 2.42. The van der Waals surface area contributed by atoms with Crippen LogP contribution in [0.2, 0.25) is 0 Å². The van der Waals surface area contributed by atoms with Crippen molar-refractivity contribution in [2.45, 2.75) is 13.5 Å². The Balaban J connectivity index is 2.00. The van der Waals surface area contributed by atoms with Gasteiger partial charge in [0.15, 0.2) is 0 Å². The highest BCUT2D eigenvalue weighted by atomic mass is 16.6. The van der Waals surface area contributed by atoms with Crippen LogP contribution in [-0.4, -0.2) is 24.0 Å². The van der Waals surface area contributed by atoms with E-state index in [-0.39, 0.29) is 5.69 Å². The Hall–Kier alpha value is -3.00. The van der Waals surface area contributed by atoms with Crippen LogP contribution in [0.4, 0.5) is 28.4 Å². The Labute approximate surface area is 139 Å². The molecule has 0 atom stereocenters. The lowest BCUT2D eigenvalue weighted by atomic mass is 10.1. The molecule has 8 nitrogen and oxygen atoms in total. The van der Waals surface area contributed by atoms with E-state index in [1.807, 2.05) is 31.2 Å². The summed E-state index contributed by atoms with van der Waals surface area (Å²) in [5.74, 6) is 0. The van der Waals surface area contributed by atoms with Gasteiger partial charge in [-0.05, 0) is 30.2 Å². The van der Waals surface area contributed by atoms with E-state index in [2.05, 4.69) is 15.2 Å². The maximum Gasteiger partial charge on any atom is 0.269 e. The topological polar surface area (TPSA) is 100 Å². The Kier molecular flexibility index (Phi) is 3.90. The average molecular weight is 326 g/mol. The van der Waals surface area contributed by atoms with Gasteiger partial charge in [-0.25, -0.2) is 5.01 Å². The van der Waals surface area contributed by atoms with Crippen LogP contribution in [0.1, 0.15) is 11.1 Å². The zero-order valence-electron chi connectivity index (χ0n) is 13.7. The molecule has 0 saturated carbocycles. The Morgan fingerprint density at radius 1 is 1.21 bits per heavy atom. The predicted molar refractivity (Wildman–Crippen MR) is 92.7 cm³/mol. The fourth-order valence-electron chi connectivity index (χ4n) is 2.72. The van der Waals surface area contributed by atoms with Gasteiger partial charge in [0.1, 0.15) is 5.69 Å². The number of nitrogens with zero attached hydrogens (tertiary/aromatic N) is 5. The van der Waals surface area contributed by atoms with E-state index in [4.69, 9.17) is 5.73 Å². The summed E-state index contributed by atoms with van der Waals surface area (Å²) in [6.07, 6.45) is 0. The van der Waals surface area contributed by atoms with Gasteiger partial charge in [0.05, 0.1) is 22.0 Å². The van der Waals surface area contributed by atoms with E-state index < -0.39 is 4.92 Å². The number of hydrazine groups is 1. The molecule has 0 aliphatic carbocycles. The molecule has 0 bridgehead atoms. The first-order chi connectivity index (χ1) is 11.4. The molecule has 3 rings (SSSR count). The van der Waals surface area contributed by atoms with Crippen LogP contribution in [0.25, 0.3) is 0 Å². The first-order valence-corrected chi connectivity index (χ1v) is 7.41. The van der Waals surface area contributed by atoms with Crippen molar-refractivity contribution in [1.29, 1.82) is 0 Å². The van der Waals surface area contributed by atoms with Crippen LogP contribution in [-0.2, 0) is 6.54 Å². The molecule has 24 heavy (non-hydrogen) atoms. The summed E-state index contributed by atoms with van der Waals surface area (Å²) in [6, 6.07) is 8.29. The fraction of sp³-hybridized carbons (Fsp3) is 0.250. The zero-order chi connectivity index (χ0) is 17.4. The first kappa shape index (κ1) is 15.9. The van der Waals surface area contributed by atoms with Crippen molar-refractivity contribution < 1.29 is 4.92 Å². The van der Waals surface area contributed by atoms with Gasteiger partial charge < -0.3 is 10.7 Å². The molecular formula is C16H18N6O2. The van der Waals surface area contributed by atoms with Gasteiger partial charge in [-0.2, -0.15) is 5.11 Å². The third-order valence-corrected chi connectivity index (χ3v) is 4.15. The van der Waals surface area contributed by atoms with Crippen molar-refractivity contribution >= 4 is 28.4 Å². The summed E-state index contributed by atoms with van der Waals surface area (Å²) in [6.45, 7) is 2.55. The minimum atomic E-state index is -0.430. The lowest BCUT2D eigenvalue weighted by Gasteiger charge is -2.22. The standard InChI is InChI=1S/C16H18N6O2/c1-10-8-12(22(23)24)5-7-14(10)18-19-15-13(17)6-4-11-9-20(2)21(3)16(11)15/h4-8H,9,17H2,1-3H3. The third-order valence-electron chi connectivity index (χ3n) is 4.15. The number of nitrogens with two attached hydrogens (primary N) is 1. The van der Waals surface area contributed by atoms with Crippen molar-refractivity contribution in [1.82, 2.24) is 5.01 Å². The Morgan fingerprint density at radius 3 is 2.62 bits per heavy atom. The molecule has 124 valence electrons. The summed E-state index contributed by atoms with van der Waals surface area (Å²) in [7, 11) is 3.93. The fourth-order valence-corrected chi connectivity index (χ4v) is 2.72. The molecule has 0 aromatic heterocycles. The number of anilines is 2. The van der Waals surface area contributed by atoms with Crippen molar-refractivity contribution in [3.63, 3.8) is 0 Å². The summed E-state index contributed by atoms with van der Waals surface area (Å²) in [5, 5.41) is 23.4. The van der Waals surface area contributed by atoms with E-state index in [9.17, 15) is 10.1 Å². The molecule has 0 fully saturated rings. The molecule has 0 amide bonds. The highest BCUT2D eigenvalue weighted by molar-refractivity contribution is 5.82. The molecule has 0 saturated heterocycles. The van der Waals surface area contributed by atoms with Crippen molar-refractivity contribution in [3.05, 3.63) is 51.6 Å². The zero-order valence-corrected chi connectivity index (χ0v) is 13.7. The number of hydrogen-bond acceptors (Lipinski definition) is 7. The number of azo groups is 1. The van der Waals surface area contributed by atoms with Crippen LogP contribution in [0.5, 0.6) is 0 Å². The van der Waals surface area contributed by atoms with E-state index in [0.717, 1.165) is 17.8 Å². The van der Waals surface area contributed by atoms with Crippen LogP contribution in [0.15, 0.2) is 40.6 Å². The average Bonchev–Trinajstić information content (AvgIpc) is 2.82. The summed E-state index contributed by atoms with van der Waals surface area (Å²) in [5.41, 5.74) is 10.6. The number of hydrogen-bond donors (Lipinski definition) is 1. The van der Waals surface area contributed by atoms with Crippen molar-refractivity contribution in [2.75, 3.05) is 24.8 Å². The Morgan fingerprint density at radius 2 is 1.96 bits per heavy atom. The molecule has 1 heterocycles. The summed E-state index contributed by atoms with van der Waals surface area (Å²) in [4.78, 5) is 10.4. The second-order valence-corrected chi connectivity index (χ2v) is 5.78. The first-order valence-electron chi connectivity index (χ1n) is 7.41. The second kappa shape index (κ2) is 5.89. The number of non-ortho nitro benzene ring substituents is 1. The molecule has 2 N–H and O–H groups in total. The van der Waals surface area contributed by atoms with Gasteiger partial charge in [0, 0.05) is 32.8 Å². The normalized spacial score (nSPS) is 14.4. The Bertz CT molecular complexity index is 849. The van der Waals surface area contributed by atoms with E-state index in [0.29, 0.717) is 22.6 Å². The number of aryl methyl sites for hydroxylation is 1. The van der Waals surface area contributed by atoms with Gasteiger partial charge >= 0.3 is 0 Å². The molecule has 8 heteroatoms. The van der Waals surface area contributed by atoms with E-state index >= 15 is 0 Å². The number of nitro groups is 1. The van der Waals surface area contributed by atoms with Gasteiger partial charge in [-0.15, -0.1) is 5.11 Å². The third kappa shape index (κ3) is 2.67. The molecular weight excluding hydrogens is 308 g/mol. The maximum atomic E-state index is 10.8. The number of benzene rings is 2. The highest BCUT2D eigenvalue weighted by Gasteiger charge is 2.25. The van der Waals surface area contributed by atoms with Crippen LogP contribution in [0.3, 0.4) is 0 Å². The van der Waals surface area contributed by atoms with Crippen LogP contribution < -0.4 is 10.7 Å². The molecule has 2 aromatic rings. The monoisotopic (exact) mass is 326 g/mol. The predicted octanol–water partition coefficient (Wildman–Crippen LogP) is 3.70. The second-order valence-electron chi connectivity index (χ2n) is 5.78. The SMILES string of the molecule is Cc1cc([N+](=O)[O-])ccc1N=Nc1c(N)ccc2c1N(C)N(C)C2. The smallest absolute Gasteiger partial charge is 0.269 e. The lowest BCUT2D eigenvalue weighted by Crippen LogP contribution is -2.29. The summed E-state index contributed by atoms with van der Waals surface area (Å²) < 4.78 is 0. The number of nitro benzene ring substituents is 1. The number of rotatable bonds is 3. The lowest BCUT2D eigenvalue weighted by molar-refractivity contribution is -0.384. The van der Waals surface area contributed by atoms with Crippen LogP contribution in [0, 0.1) is 17.0 Å². The number of fused-ring (bicyclic) bond motifs is 1. The van der Waals surface area contributed by atoms with Gasteiger partial charge in [0.25, 0.3) is 5.69 Å². The van der Waals surface area contributed by atoms with E-state index in [1.54, 1.807) is 13.0 Å². The van der Waals surface area contributed by atoms with Crippen LogP contribution >= 0.6 is 0 Å². The minimum Gasteiger partial charge on any atom is -0.397 e. The largest absolute Gasteiger partial charge is 0.397 e. The number of nitrogen functional groups attached to an aromatic ring is 1. The molecule has 2 aromatic carbocycles. The molecule has 0 unspecified atom stereocenters. The maximum absolute atomic E-state index is 10.8. The molecule has 0 spiro atoms. The van der Waals surface area contributed by atoms with Crippen molar-refractivity contribution in [2.24, 2.45) is 10.2 Å². The molecule has 1 aliphatic heterocycles. The minimum absolute atomic E-state index is 0.0351. The van der Waals surface area contributed by atoms with Gasteiger partial charge in [-0.1, -0.05) is 6.07 Å².